The van der Waals surface area contributed by atoms with E-state index >= 15 is 0 Å². The van der Waals surface area contributed by atoms with Crippen molar-refractivity contribution < 1.29 is 97.1 Å². The maximum absolute atomic E-state index is 15.0. The number of hydrogen-bond acceptors (Lipinski definition) is 23. The summed E-state index contributed by atoms with van der Waals surface area (Å²) in [6.07, 6.45) is 3.77. The zero-order chi connectivity index (χ0) is 90.3. The van der Waals surface area contributed by atoms with E-state index < -0.39 is 113 Å². The minimum Gasteiger partial charge on any atom is -0.508 e. The minimum atomic E-state index is -1.64. The van der Waals surface area contributed by atoms with Gasteiger partial charge < -0.3 is 96.6 Å². The molecular formula is C95H131N11O20. The van der Waals surface area contributed by atoms with Gasteiger partial charge in [0.1, 0.15) is 66.7 Å². The number of anilines is 2. The molecule has 2 aliphatic heterocycles. The molecule has 15 atom stereocenters. The fraction of sp³-hybridized carbons (Fsp3) is 0.611. The van der Waals surface area contributed by atoms with Crippen molar-refractivity contribution in [3.05, 3.63) is 124 Å². The number of amides is 9. The quantitative estimate of drug-likeness (QED) is 0.00726. The number of phenolic OH excluding ortho intramolecular Hbond substituents is 1. The number of nitrogens with one attached hydrogen (secondary N) is 7. The second-order valence-electron chi connectivity index (χ2n) is 36.0. The summed E-state index contributed by atoms with van der Waals surface area (Å²) in [5, 5.41) is 76.0. The number of aliphatic hydroxyl groups is 4. The third kappa shape index (κ3) is 24.2. The van der Waals surface area contributed by atoms with Crippen LogP contribution in [0.25, 0.3) is 0 Å². The summed E-state index contributed by atoms with van der Waals surface area (Å²) < 4.78 is 34.4. The first kappa shape index (κ1) is 97.0. The van der Waals surface area contributed by atoms with Crippen molar-refractivity contribution in [1.29, 1.82) is 0 Å². The molecule has 31 nitrogen and oxygen atoms in total. The summed E-state index contributed by atoms with van der Waals surface area (Å²) in [5.41, 5.74) is 6.19. The van der Waals surface area contributed by atoms with E-state index in [1.807, 2.05) is 92.7 Å². The fourth-order valence-electron chi connectivity index (χ4n) is 19.8. The Bertz CT molecular complexity index is 4610. The number of para-hydroxylation sites is 1. The first-order valence-electron chi connectivity index (χ1n) is 45.1. The standard InChI is InChI=1S/C95H131N11O20/c1-59(2)81(88(118)99-60(3)86(116)100-66-33-29-62-31-35-75-92(4,68(62)54-66)40-18-42-94(75,6)90(119)104-91(120)95(7)43-19-41-93(5)69-55-67(108)34-30-63(69)32-36-76(93)95)103-87(117)71(24-11-9-17-44-97-79(111)58-125-73-26-12-8-10-23-70(82(73)105-96)102-89-85(115)84(114)83(113)74(57-107)126-89)101-78(110)39-46-121-48-50-123-52-53-124-51-49-122-47-45-98-77(109)37-38-80(112)106-56-65-22-14-13-20-61(65)27-28-64-21-15-16-25-72(64)106/h13-16,20-22,25,29-30,33-34,54-55,59-60,71,73-76,81,83-85,89,107-108,113-115H,8-12,17-19,23-24,26,31-32,35-53,56-58,96H2,1-7H3,(H,97,111)(H,98,109)(H,99,118)(H,100,116)(H,101,110)(H,103,117)(H,104,119,120)/t60-,71+,73?,74+,75?,76+,81-,83-,84-,85+,89+,92+,93+,94-,95-/m0/s1. The molecule has 0 spiro atoms. The number of aryl methyl sites for hydroxylation is 2. The van der Waals surface area contributed by atoms with Crippen LogP contribution in [0.5, 0.6) is 5.75 Å². The number of nitrogens with zero attached hydrogens (tertiary/aromatic N) is 3. The van der Waals surface area contributed by atoms with Crippen LogP contribution in [0.15, 0.2) is 95.0 Å². The number of phenols is 1. The Morgan fingerprint density at radius 2 is 1.21 bits per heavy atom. The largest absolute Gasteiger partial charge is 0.508 e. The van der Waals surface area contributed by atoms with Crippen LogP contribution in [-0.4, -0.2) is 224 Å². The normalized spacial score (nSPS) is 26.3. The first-order chi connectivity index (χ1) is 60.5. The van der Waals surface area contributed by atoms with Crippen LogP contribution in [0.2, 0.25) is 0 Å². The molecule has 31 heteroatoms. The molecule has 7 aliphatic rings. The van der Waals surface area contributed by atoms with E-state index in [0.29, 0.717) is 81.4 Å². The number of nitrogens with two attached hydrogens (primary N) is 1. The average Bonchev–Trinajstić information content (AvgIpc) is 0.720. The molecule has 9 amide bonds. The SMILES string of the molecule is CC(C)[C@H](NC(=O)[C@@H](CCCCCNC(=O)COC1CCCCCC(=N[C@@H]2O[C@H](CO)[C@H](O)[C@H](O)[C@H]2O)C1=NN)NC(=O)CCOCCOCCOCCOCCNC(=O)CCC(=O)N1Cc2ccccc2C#Cc2ccccc21)C(=O)N[C@@H](C)C(=O)Nc1ccc2c(c1)[C@@]1(C)CCC[C@](C)(C(=O)NC(=O)[C@@]3(C)CCC[C@]4(C)c5cc(O)ccc5CC[C@@H]34)C1CC2. The van der Waals surface area contributed by atoms with Crippen molar-refractivity contribution >= 4 is 76.0 Å². The van der Waals surface area contributed by atoms with Gasteiger partial charge in [-0.1, -0.05) is 134 Å². The number of ether oxygens (including phenoxy) is 6. The van der Waals surface area contributed by atoms with Gasteiger partial charge >= 0.3 is 0 Å². The number of unbranched alkanes of at least 4 members (excludes halogenated alkanes) is 2. The van der Waals surface area contributed by atoms with Gasteiger partial charge in [0.05, 0.1) is 88.2 Å². The highest BCUT2D eigenvalue weighted by Crippen LogP contribution is 2.60. The monoisotopic (exact) mass is 1750 g/mol. The molecule has 4 aromatic rings. The summed E-state index contributed by atoms with van der Waals surface area (Å²) in [6.45, 7) is 15.0. The number of aliphatic hydroxyl groups excluding tert-OH is 4. The Hall–Kier alpha value is -9.59. The summed E-state index contributed by atoms with van der Waals surface area (Å²) in [7, 11) is 0. The highest BCUT2D eigenvalue weighted by Gasteiger charge is 2.59. The maximum Gasteiger partial charge on any atom is 0.246 e. The molecule has 686 valence electrons. The molecule has 2 unspecified atom stereocenters. The number of imide groups is 1. The molecular weight excluding hydrogens is 1620 g/mol. The summed E-state index contributed by atoms with van der Waals surface area (Å²) in [6, 6.07) is 23.2. The smallest absolute Gasteiger partial charge is 0.246 e. The Morgan fingerprint density at radius 1 is 0.587 bits per heavy atom. The number of benzene rings is 4. The highest BCUT2D eigenvalue weighted by atomic mass is 16.6. The number of carbonyl (C=O) groups excluding carboxylic acids is 9. The predicted octanol–water partition coefficient (Wildman–Crippen LogP) is 6.71. The van der Waals surface area contributed by atoms with Gasteiger partial charge in [0.25, 0.3) is 0 Å². The molecule has 3 saturated carbocycles. The Morgan fingerprint density at radius 3 is 1.87 bits per heavy atom. The van der Waals surface area contributed by atoms with Gasteiger partial charge in [0.15, 0.2) is 6.23 Å². The molecule has 1 saturated heterocycles. The number of hydrazone groups is 1. The Kier molecular flexibility index (Phi) is 35.0. The van der Waals surface area contributed by atoms with Crippen LogP contribution >= 0.6 is 0 Å². The van der Waals surface area contributed by atoms with Gasteiger partial charge in [-0.15, -0.1) is 0 Å². The lowest BCUT2D eigenvalue weighted by Crippen LogP contribution is -2.60. The van der Waals surface area contributed by atoms with Crippen LogP contribution in [0, 0.1) is 40.4 Å². The number of aromatic hydroxyl groups is 1. The zero-order valence-corrected chi connectivity index (χ0v) is 74.0. The van der Waals surface area contributed by atoms with Crippen LogP contribution in [0.4, 0.5) is 11.4 Å². The van der Waals surface area contributed by atoms with E-state index in [9.17, 15) is 68.7 Å². The van der Waals surface area contributed by atoms with Crippen molar-refractivity contribution in [1.82, 2.24) is 31.9 Å². The number of rotatable bonds is 39. The average molecular weight is 1750 g/mol. The third-order valence-corrected chi connectivity index (χ3v) is 27.0. The lowest BCUT2D eigenvalue weighted by Gasteiger charge is -2.56. The van der Waals surface area contributed by atoms with Crippen LogP contribution in [0.3, 0.4) is 0 Å². The van der Waals surface area contributed by atoms with E-state index in [0.717, 1.165) is 91.2 Å². The van der Waals surface area contributed by atoms with Gasteiger partial charge in [0.2, 0.25) is 53.2 Å². The lowest BCUT2D eigenvalue weighted by atomic mass is 9.49. The lowest BCUT2D eigenvalue weighted by molar-refractivity contribution is -0.226. The van der Waals surface area contributed by atoms with E-state index in [4.69, 9.17) is 34.3 Å². The van der Waals surface area contributed by atoms with Gasteiger partial charge in [-0.3, -0.25) is 53.5 Å². The topological polar surface area (TPSA) is 448 Å². The van der Waals surface area contributed by atoms with Crippen LogP contribution in [0.1, 0.15) is 216 Å². The van der Waals surface area contributed by atoms with Gasteiger partial charge in [-0.25, -0.2) is 0 Å². The Labute approximate surface area is 738 Å². The van der Waals surface area contributed by atoms with Crippen LogP contribution in [-0.2, 0) is 102 Å². The van der Waals surface area contributed by atoms with Crippen molar-refractivity contribution in [3.63, 3.8) is 0 Å². The van der Waals surface area contributed by atoms with Gasteiger partial charge in [-0.2, -0.15) is 5.10 Å². The molecule has 14 N–H and O–H groups in total. The highest BCUT2D eigenvalue weighted by molar-refractivity contribution is 6.44. The van der Waals surface area contributed by atoms with Crippen molar-refractivity contribution in [2.24, 2.45) is 44.5 Å². The number of aliphatic imine (C=N–C) groups is 1. The van der Waals surface area contributed by atoms with E-state index in [1.165, 1.54) is 5.56 Å². The molecule has 0 radical (unpaired) electrons. The molecule has 0 bridgehead atoms. The van der Waals surface area contributed by atoms with Crippen molar-refractivity contribution in [2.45, 2.75) is 262 Å². The Balaban J connectivity index is 0.627. The third-order valence-electron chi connectivity index (χ3n) is 27.0. The number of carbonyl (C=O) groups is 9. The number of fused-ring (bicyclic) bond motifs is 8. The number of hydrogen-bond donors (Lipinski definition) is 13. The zero-order valence-electron chi connectivity index (χ0n) is 74.0. The molecule has 0 aromatic heterocycles. The second kappa shape index (κ2) is 45.4. The summed E-state index contributed by atoms with van der Waals surface area (Å²) in [5.74, 6) is 8.19. The van der Waals surface area contributed by atoms with Gasteiger partial charge in [0, 0.05) is 49.2 Å². The van der Waals surface area contributed by atoms with Gasteiger partial charge in [-0.05, 0) is 189 Å². The molecule has 4 fully saturated rings. The maximum atomic E-state index is 15.0. The van der Waals surface area contributed by atoms with E-state index in [2.05, 4.69) is 73.0 Å². The molecule has 4 aromatic carbocycles. The summed E-state index contributed by atoms with van der Waals surface area (Å²) >= 11 is 0. The minimum absolute atomic E-state index is 0.00837. The molecule has 5 aliphatic carbocycles. The summed E-state index contributed by atoms with van der Waals surface area (Å²) in [4.78, 5) is 132. The molecule has 11 rings (SSSR count). The second-order valence-corrected chi connectivity index (χ2v) is 36.0. The van der Waals surface area contributed by atoms with Crippen molar-refractivity contribution in [2.75, 3.05) is 89.4 Å². The first-order valence-corrected chi connectivity index (χ1v) is 45.1. The predicted molar refractivity (Wildman–Crippen MR) is 472 cm³/mol. The fourth-order valence-corrected chi connectivity index (χ4v) is 19.8. The van der Waals surface area contributed by atoms with Crippen LogP contribution < -0.4 is 48.0 Å². The van der Waals surface area contributed by atoms with E-state index in [1.54, 1.807) is 31.7 Å². The van der Waals surface area contributed by atoms with E-state index in [-0.39, 0.29) is 151 Å². The van der Waals surface area contributed by atoms with Crippen molar-refractivity contribution in [3.8, 4) is 17.6 Å². The molecule has 2 heterocycles. The molecule has 126 heavy (non-hydrogen) atoms.